The molecule has 0 radical (unpaired) electrons. The second-order valence-electron chi connectivity index (χ2n) is 9.23. The van der Waals surface area contributed by atoms with Gasteiger partial charge in [0, 0.05) is 31.1 Å². The van der Waals surface area contributed by atoms with E-state index < -0.39 is 114 Å². The second kappa shape index (κ2) is 8.77. The molecule has 0 saturated heterocycles. The summed E-state index contributed by atoms with van der Waals surface area (Å²) < 4.78 is 151. The normalized spacial score (nSPS) is 27.4. The van der Waals surface area contributed by atoms with Crippen molar-refractivity contribution in [1.29, 1.82) is 0 Å². The number of hydrogen-bond donors (Lipinski definition) is 2. The Kier molecular flexibility index (Phi) is 3.50. The first kappa shape index (κ1) is 14.8. The summed E-state index contributed by atoms with van der Waals surface area (Å²) >= 11 is 0. The van der Waals surface area contributed by atoms with E-state index in [-0.39, 0.29) is 16.6 Å². The van der Waals surface area contributed by atoms with Gasteiger partial charge in [0.1, 0.15) is 11.6 Å². The molecule has 1 aromatic heterocycles. The van der Waals surface area contributed by atoms with Crippen LogP contribution in [0, 0.1) is 5.82 Å². The fourth-order valence-corrected chi connectivity index (χ4v) is 4.21. The summed E-state index contributed by atoms with van der Waals surface area (Å²) in [7, 11) is 0. The number of halogens is 3. The Balaban J connectivity index is 1.68. The molecule has 0 bridgehead atoms. The highest BCUT2D eigenvalue weighted by Gasteiger charge is 2.52. The van der Waals surface area contributed by atoms with E-state index in [0.717, 1.165) is 16.7 Å². The molecule has 2 aromatic carbocycles. The van der Waals surface area contributed by atoms with Crippen LogP contribution in [0.4, 0.5) is 13.2 Å². The predicted molar refractivity (Wildman–Crippen MR) is 131 cm³/mol. The lowest BCUT2D eigenvalue weighted by atomic mass is 9.86. The van der Waals surface area contributed by atoms with Crippen molar-refractivity contribution < 1.29 is 54.1 Å². The zero-order chi connectivity index (χ0) is 37.5. The Morgan fingerprint density at radius 2 is 2.00 bits per heavy atom. The van der Waals surface area contributed by atoms with Gasteiger partial charge in [-0.25, -0.2) is 4.39 Å². The first-order valence-electron chi connectivity index (χ1n) is 17.1. The summed E-state index contributed by atoms with van der Waals surface area (Å²) in [6.45, 7) is -0.416. The number of nitrogens with zero attached hydrogens (tertiary/aromatic N) is 1. The van der Waals surface area contributed by atoms with Crippen molar-refractivity contribution in [2.24, 2.45) is 0 Å². The first-order chi connectivity index (χ1) is 21.9. The van der Waals surface area contributed by atoms with Crippen molar-refractivity contribution in [2.45, 2.75) is 76.1 Å². The van der Waals surface area contributed by atoms with Gasteiger partial charge in [0.25, 0.3) is 0 Å². The predicted octanol–water partition coefficient (Wildman–Crippen LogP) is 4.99. The van der Waals surface area contributed by atoms with Gasteiger partial charge < -0.3 is 24.3 Å². The molecular weight excluding hydrogens is 487 g/mol. The van der Waals surface area contributed by atoms with Crippen LogP contribution in [-0.2, 0) is 28.6 Å². The van der Waals surface area contributed by atoms with Crippen LogP contribution in [0.2, 0.25) is 0 Å². The van der Waals surface area contributed by atoms with E-state index in [1.807, 2.05) is 0 Å². The number of hydrogen-bond acceptors (Lipinski definition) is 5. The van der Waals surface area contributed by atoms with Crippen LogP contribution in [0.15, 0.2) is 36.3 Å². The molecule has 1 saturated carbocycles. The lowest BCUT2D eigenvalue weighted by Crippen LogP contribution is -2.26. The molecule has 1 aliphatic heterocycles. The summed E-state index contributed by atoms with van der Waals surface area (Å²) in [6, 6.07) is -0.333. The molecule has 2 heterocycles. The monoisotopic (exact) mass is 529 g/mol. The van der Waals surface area contributed by atoms with Gasteiger partial charge in [0.15, 0.2) is 11.5 Å². The van der Waals surface area contributed by atoms with Gasteiger partial charge >= 0.3 is 6.29 Å². The van der Waals surface area contributed by atoms with Crippen LogP contribution < -0.4 is 9.47 Å². The number of fused-ring (bicyclic) bond motifs is 2. The van der Waals surface area contributed by atoms with Crippen LogP contribution in [-0.4, -0.2) is 39.5 Å². The fourth-order valence-electron chi connectivity index (χ4n) is 4.21. The van der Waals surface area contributed by atoms with Gasteiger partial charge in [-0.2, -0.15) is 0 Å². The molecule has 3 aromatic rings. The van der Waals surface area contributed by atoms with E-state index in [4.69, 9.17) is 16.4 Å². The van der Waals surface area contributed by atoms with Gasteiger partial charge in [-0.3, -0.25) is 4.79 Å². The van der Waals surface area contributed by atoms with Crippen LogP contribution in [0.5, 0.6) is 11.5 Å². The number of aromatic nitrogens is 1. The number of ether oxygens (including phenoxy) is 2. The highest BCUT2D eigenvalue weighted by molar-refractivity contribution is 5.95. The summed E-state index contributed by atoms with van der Waals surface area (Å²) in [5.74, 6) is -4.77. The number of rotatable bonds is 9. The van der Waals surface area contributed by atoms with Crippen LogP contribution in [0.3, 0.4) is 0 Å². The van der Waals surface area contributed by atoms with E-state index in [1.165, 1.54) is 26.8 Å². The Labute approximate surface area is 229 Å². The molecule has 198 valence electrons. The molecule has 0 unspecified atom stereocenters. The van der Waals surface area contributed by atoms with Crippen molar-refractivity contribution in [2.75, 3.05) is 6.56 Å². The largest absolute Gasteiger partial charge is 0.586 e. The summed E-state index contributed by atoms with van der Waals surface area (Å²) in [4.78, 5) is 14.0. The van der Waals surface area contributed by atoms with E-state index in [1.54, 1.807) is 0 Å². The summed E-state index contributed by atoms with van der Waals surface area (Å²) in [6.07, 6.45) is -17.1. The highest BCUT2D eigenvalue weighted by atomic mass is 19.3. The van der Waals surface area contributed by atoms with E-state index >= 15 is 4.39 Å². The average molecular weight is 530 g/mol. The molecule has 1 aliphatic carbocycles. The second-order valence-corrected chi connectivity index (χ2v) is 9.23. The van der Waals surface area contributed by atoms with Crippen molar-refractivity contribution in [3.63, 3.8) is 0 Å². The minimum atomic E-state index is -4.38. The van der Waals surface area contributed by atoms with Crippen LogP contribution >= 0.6 is 0 Å². The molecular formula is C28H30F3NO5. The van der Waals surface area contributed by atoms with Crippen molar-refractivity contribution in [3.05, 3.63) is 59.0 Å². The van der Waals surface area contributed by atoms with E-state index in [0.29, 0.717) is 0 Å². The maximum absolute atomic E-state index is 15.9. The molecule has 6 nitrogen and oxygen atoms in total. The Bertz CT molecular complexity index is 1900. The van der Waals surface area contributed by atoms with Gasteiger partial charge in [0.2, 0.25) is 0 Å². The minimum Gasteiger partial charge on any atom is -0.395 e. The molecule has 5 rings (SSSR count). The van der Waals surface area contributed by atoms with Crippen molar-refractivity contribution in [3.8, 4) is 11.5 Å². The SMILES string of the molecule is [2H]c1c([2H])c(C2(C(=O)Cc3cc4cc(C(C)(C)C([2H])([2H])C)n(C[C@]([2H])(O)C([2H])([2H])O)c4cc3F)C([2H])([2H])C2([2H])[2H])c([2H])c2c1OC(F)(F)O2. The molecule has 0 spiro atoms. The lowest BCUT2D eigenvalue weighted by molar-refractivity contribution is -0.286. The summed E-state index contributed by atoms with van der Waals surface area (Å²) in [5.41, 5.74) is -6.25. The van der Waals surface area contributed by atoms with Gasteiger partial charge in [-0.15, -0.1) is 8.78 Å². The third-order valence-electron chi connectivity index (χ3n) is 6.48. The molecule has 2 N–H and O–H groups in total. The third-order valence-corrected chi connectivity index (χ3v) is 6.48. The molecule has 0 amide bonds. The highest BCUT2D eigenvalue weighted by Crippen LogP contribution is 2.52. The fraction of sp³-hybridized carbons (Fsp3) is 0.464. The zero-order valence-electron chi connectivity index (χ0n) is 31.8. The molecule has 2 aliphatic rings. The Hall–Kier alpha value is -3.04. The maximum Gasteiger partial charge on any atom is 0.586 e. The first-order valence-corrected chi connectivity index (χ1v) is 11.1. The number of alkyl halides is 2. The van der Waals surface area contributed by atoms with Gasteiger partial charge in [0.05, 0.1) is 38.3 Å². The smallest absolute Gasteiger partial charge is 0.395 e. The quantitative estimate of drug-likeness (QED) is 0.409. The molecule has 1 atom stereocenters. The number of aliphatic hydroxyl groups is 2. The zero-order valence-corrected chi connectivity index (χ0v) is 19.8. The van der Waals surface area contributed by atoms with Gasteiger partial charge in [-0.05, 0) is 60.5 Å². The Morgan fingerprint density at radius 1 is 1.30 bits per heavy atom. The minimum absolute atomic E-state index is 0.0111. The van der Waals surface area contributed by atoms with Crippen molar-refractivity contribution >= 4 is 16.7 Å². The third kappa shape index (κ3) is 4.48. The van der Waals surface area contributed by atoms with E-state index in [2.05, 4.69) is 9.47 Å². The van der Waals surface area contributed by atoms with Crippen LogP contribution in [0.25, 0.3) is 10.9 Å². The van der Waals surface area contributed by atoms with E-state index in [9.17, 15) is 23.8 Å². The lowest BCUT2D eigenvalue weighted by Gasteiger charge is -2.26. The maximum atomic E-state index is 15.9. The van der Waals surface area contributed by atoms with Crippen LogP contribution in [0.1, 0.15) is 73.2 Å². The summed E-state index contributed by atoms with van der Waals surface area (Å²) in [5, 5.41) is 20.3. The Morgan fingerprint density at radius 3 is 2.65 bits per heavy atom. The number of ketones is 1. The average Bonchev–Trinajstić information content (AvgIpc) is 3.24. The number of carbonyl (C=O) groups is 1. The standard InChI is InChI=1S/C28H30F3NO5/c1-4-26(2,3)24-10-17-9-16(20(29)13-21(17)32(24)14-19(34)15-33)11-25(35)27(7-8-27)18-5-6-22-23(12-18)37-28(30,31)36-22/h5-6,9-10,12-13,19,33-34H,4,7-8,11,14-15H2,1-3H3/t19-/m0/s1/i4D2,5D,6D,7D2,8D2,12D,15D2,19D. The van der Waals surface area contributed by atoms with Crippen molar-refractivity contribution in [1.82, 2.24) is 4.57 Å². The molecule has 1 fully saturated rings. The molecule has 37 heavy (non-hydrogen) atoms. The number of carbonyl (C=O) groups excluding carboxylic acids is 1. The molecule has 9 heteroatoms. The number of Topliss-reactive ketones (excluding diaryl/α,β-unsaturated/α-hetero) is 1. The number of benzene rings is 2. The topological polar surface area (TPSA) is 80.9 Å². The van der Waals surface area contributed by atoms with Gasteiger partial charge in [-0.1, -0.05) is 26.8 Å².